The molecule has 110 valence electrons. The molecule has 5 nitrogen and oxygen atoms in total. The van der Waals surface area contributed by atoms with Crippen molar-refractivity contribution >= 4 is 23.5 Å². The van der Waals surface area contributed by atoms with E-state index in [1.807, 2.05) is 6.92 Å². The molecule has 1 saturated heterocycles. The van der Waals surface area contributed by atoms with Gasteiger partial charge in [-0.2, -0.15) is 0 Å². The number of aryl methyl sites for hydroxylation is 1. The molecule has 1 amide bonds. The topological polar surface area (TPSA) is 62.5 Å². The summed E-state index contributed by atoms with van der Waals surface area (Å²) in [7, 11) is 0. The number of carbonyl (C=O) groups is 2. The molecule has 1 aliphatic rings. The number of rotatable bonds is 3. The highest BCUT2D eigenvalue weighted by atomic mass is 35.5. The van der Waals surface area contributed by atoms with Crippen LogP contribution in [0.15, 0.2) is 12.3 Å². The van der Waals surface area contributed by atoms with Gasteiger partial charge in [0.25, 0.3) is 5.91 Å². The van der Waals surface area contributed by atoms with Crippen LogP contribution in [-0.4, -0.2) is 39.0 Å². The van der Waals surface area contributed by atoms with Gasteiger partial charge in [-0.05, 0) is 25.8 Å². The zero-order chi connectivity index (χ0) is 14.7. The largest absolute Gasteiger partial charge is 0.480 e. The second kappa shape index (κ2) is 6.31. The molecule has 1 N–H and O–H groups in total. The summed E-state index contributed by atoms with van der Waals surface area (Å²) in [5, 5.41) is 9.83. The van der Waals surface area contributed by atoms with Crippen LogP contribution in [0.25, 0.3) is 0 Å². The molecule has 0 aromatic carbocycles. The minimum atomic E-state index is -0.930. The summed E-state index contributed by atoms with van der Waals surface area (Å²) >= 11 is 5.95. The smallest absolute Gasteiger partial charge is 0.326 e. The Labute approximate surface area is 123 Å². The van der Waals surface area contributed by atoms with Crippen LogP contribution < -0.4 is 0 Å². The van der Waals surface area contributed by atoms with Gasteiger partial charge < -0.3 is 14.6 Å². The standard InChI is InChI=1S/C14H19ClN2O3/c1-2-16-9-10(15)8-12(16)13(18)17-7-5-3-4-6-11(17)14(19)20/h8-9,11H,2-7H2,1H3,(H,19,20). The van der Waals surface area contributed by atoms with Crippen molar-refractivity contribution in [3.63, 3.8) is 0 Å². The number of hydrogen-bond donors (Lipinski definition) is 1. The first-order valence-corrected chi connectivity index (χ1v) is 7.31. The van der Waals surface area contributed by atoms with E-state index in [0.717, 1.165) is 19.3 Å². The highest BCUT2D eigenvalue weighted by Gasteiger charge is 2.32. The van der Waals surface area contributed by atoms with Crippen LogP contribution in [0.3, 0.4) is 0 Å². The van der Waals surface area contributed by atoms with Crippen LogP contribution in [-0.2, 0) is 11.3 Å². The lowest BCUT2D eigenvalue weighted by atomic mass is 10.1. The first-order valence-electron chi connectivity index (χ1n) is 6.94. The van der Waals surface area contributed by atoms with Gasteiger partial charge in [-0.3, -0.25) is 4.79 Å². The molecule has 1 aromatic heterocycles. The summed E-state index contributed by atoms with van der Waals surface area (Å²) in [6.45, 7) is 3.03. The number of aromatic nitrogens is 1. The van der Waals surface area contributed by atoms with Crippen molar-refractivity contribution in [2.75, 3.05) is 6.54 Å². The van der Waals surface area contributed by atoms with Crippen LogP contribution in [0.1, 0.15) is 43.1 Å². The van der Waals surface area contributed by atoms with Crippen molar-refractivity contribution in [2.24, 2.45) is 0 Å². The van der Waals surface area contributed by atoms with Gasteiger partial charge >= 0.3 is 5.97 Å². The van der Waals surface area contributed by atoms with E-state index in [0.29, 0.717) is 30.2 Å². The Morgan fingerprint density at radius 3 is 2.80 bits per heavy atom. The summed E-state index contributed by atoms with van der Waals surface area (Å²) in [5.41, 5.74) is 0.464. The van der Waals surface area contributed by atoms with E-state index in [9.17, 15) is 14.7 Å². The molecule has 0 aliphatic carbocycles. The molecule has 0 bridgehead atoms. The molecule has 1 aromatic rings. The molecule has 1 aliphatic heterocycles. The number of carboxylic acid groups (broad SMARTS) is 1. The van der Waals surface area contributed by atoms with E-state index < -0.39 is 12.0 Å². The SMILES string of the molecule is CCn1cc(Cl)cc1C(=O)N1CCCCCC1C(=O)O. The average molecular weight is 299 g/mol. The van der Waals surface area contributed by atoms with Gasteiger partial charge in [-0.15, -0.1) is 0 Å². The molecule has 2 rings (SSSR count). The fourth-order valence-corrected chi connectivity index (χ4v) is 2.89. The van der Waals surface area contributed by atoms with Crippen molar-refractivity contribution in [2.45, 2.75) is 45.2 Å². The van der Waals surface area contributed by atoms with Crippen molar-refractivity contribution in [1.29, 1.82) is 0 Å². The Bertz CT molecular complexity index is 513. The molecule has 0 spiro atoms. The lowest BCUT2D eigenvalue weighted by Crippen LogP contribution is -2.45. The number of carboxylic acids is 1. The summed E-state index contributed by atoms with van der Waals surface area (Å²) in [6, 6.07) is 0.876. The second-order valence-electron chi connectivity index (χ2n) is 5.03. The van der Waals surface area contributed by atoms with Crippen LogP contribution in [0.5, 0.6) is 0 Å². The van der Waals surface area contributed by atoms with Gasteiger partial charge in [0.2, 0.25) is 0 Å². The van der Waals surface area contributed by atoms with Crippen molar-refractivity contribution in [1.82, 2.24) is 9.47 Å². The van der Waals surface area contributed by atoms with Crippen molar-refractivity contribution < 1.29 is 14.7 Å². The minimum absolute atomic E-state index is 0.243. The molecule has 20 heavy (non-hydrogen) atoms. The summed E-state index contributed by atoms with van der Waals surface area (Å²) in [6.07, 6.45) is 4.86. The molecule has 0 saturated carbocycles. The van der Waals surface area contributed by atoms with Gasteiger partial charge in [-0.1, -0.05) is 24.4 Å². The summed E-state index contributed by atoms with van der Waals surface area (Å²) in [5.74, 6) is -1.17. The van der Waals surface area contributed by atoms with Crippen molar-refractivity contribution in [3.8, 4) is 0 Å². The fraction of sp³-hybridized carbons (Fsp3) is 0.571. The maximum Gasteiger partial charge on any atom is 0.326 e. The average Bonchev–Trinajstić information content (AvgIpc) is 2.63. The molecule has 1 fully saturated rings. The minimum Gasteiger partial charge on any atom is -0.480 e. The number of amides is 1. The normalized spacial score (nSPS) is 19.7. The third kappa shape index (κ3) is 2.98. The molecule has 6 heteroatoms. The monoisotopic (exact) mass is 298 g/mol. The molecule has 1 unspecified atom stereocenters. The highest BCUT2D eigenvalue weighted by Crippen LogP contribution is 2.22. The van der Waals surface area contributed by atoms with Crippen LogP contribution >= 0.6 is 11.6 Å². The summed E-state index contributed by atoms with van der Waals surface area (Å²) < 4.78 is 1.76. The van der Waals surface area contributed by atoms with Gasteiger partial charge in [0.05, 0.1) is 5.02 Å². The first kappa shape index (κ1) is 14.9. The van der Waals surface area contributed by atoms with Gasteiger partial charge in [-0.25, -0.2) is 4.79 Å². The Morgan fingerprint density at radius 2 is 2.15 bits per heavy atom. The number of likely N-dealkylation sites (tertiary alicyclic amines) is 1. The number of aliphatic carboxylic acids is 1. The quantitative estimate of drug-likeness (QED) is 0.933. The Balaban J connectivity index is 2.30. The van der Waals surface area contributed by atoms with E-state index in [-0.39, 0.29) is 5.91 Å². The molecular weight excluding hydrogens is 280 g/mol. The number of halogens is 1. The van der Waals surface area contributed by atoms with E-state index in [1.165, 1.54) is 4.90 Å². The fourth-order valence-electron chi connectivity index (χ4n) is 2.67. The molecule has 1 atom stereocenters. The maximum atomic E-state index is 12.6. The van der Waals surface area contributed by atoms with Crippen LogP contribution in [0, 0.1) is 0 Å². The zero-order valence-corrected chi connectivity index (χ0v) is 12.3. The second-order valence-corrected chi connectivity index (χ2v) is 5.47. The third-order valence-corrected chi connectivity index (χ3v) is 3.93. The Hall–Kier alpha value is -1.49. The predicted octanol–water partition coefficient (Wildman–Crippen LogP) is 2.63. The lowest BCUT2D eigenvalue weighted by molar-refractivity contribution is -0.142. The third-order valence-electron chi connectivity index (χ3n) is 3.72. The molecular formula is C14H19ClN2O3. The number of hydrogen-bond acceptors (Lipinski definition) is 2. The highest BCUT2D eigenvalue weighted by molar-refractivity contribution is 6.31. The van der Waals surface area contributed by atoms with E-state index >= 15 is 0 Å². The molecule has 2 heterocycles. The Kier molecular flexibility index (Phi) is 4.70. The first-order chi connectivity index (χ1) is 9.54. The van der Waals surface area contributed by atoms with Crippen LogP contribution in [0.2, 0.25) is 5.02 Å². The van der Waals surface area contributed by atoms with Gasteiger partial charge in [0.15, 0.2) is 0 Å². The summed E-state index contributed by atoms with van der Waals surface area (Å²) in [4.78, 5) is 25.5. The van der Waals surface area contributed by atoms with E-state index in [4.69, 9.17) is 11.6 Å². The zero-order valence-electron chi connectivity index (χ0n) is 11.5. The van der Waals surface area contributed by atoms with Gasteiger partial charge in [0.1, 0.15) is 11.7 Å². The van der Waals surface area contributed by atoms with Crippen LogP contribution in [0.4, 0.5) is 0 Å². The van der Waals surface area contributed by atoms with Crippen molar-refractivity contribution in [3.05, 3.63) is 23.0 Å². The molecule has 0 radical (unpaired) electrons. The van der Waals surface area contributed by atoms with E-state index in [1.54, 1.807) is 16.8 Å². The number of carbonyl (C=O) groups excluding carboxylic acids is 1. The predicted molar refractivity (Wildman–Crippen MR) is 76.0 cm³/mol. The number of nitrogens with zero attached hydrogens (tertiary/aromatic N) is 2. The maximum absolute atomic E-state index is 12.6. The Morgan fingerprint density at radius 1 is 1.40 bits per heavy atom. The lowest BCUT2D eigenvalue weighted by Gasteiger charge is -2.27. The van der Waals surface area contributed by atoms with Gasteiger partial charge in [0, 0.05) is 19.3 Å². The van der Waals surface area contributed by atoms with E-state index in [2.05, 4.69) is 0 Å².